The van der Waals surface area contributed by atoms with Crippen molar-refractivity contribution < 1.29 is 9.53 Å². The number of benzene rings is 2. The number of hydrogen-bond donors (Lipinski definition) is 1. The fourth-order valence-electron chi connectivity index (χ4n) is 3.43. The average Bonchev–Trinajstić information content (AvgIpc) is 2.92. The topological polar surface area (TPSA) is 41.6 Å². The Morgan fingerprint density at radius 2 is 1.72 bits per heavy atom. The van der Waals surface area contributed by atoms with Crippen molar-refractivity contribution in [1.29, 1.82) is 0 Å². The van der Waals surface area contributed by atoms with Gasteiger partial charge in [0, 0.05) is 11.8 Å². The van der Waals surface area contributed by atoms with Crippen molar-refractivity contribution in [2.45, 2.75) is 31.7 Å². The molecule has 3 rings (SSSR count). The van der Waals surface area contributed by atoms with Gasteiger partial charge in [-0.2, -0.15) is 0 Å². The Morgan fingerprint density at radius 3 is 2.40 bits per heavy atom. The molecule has 1 amide bonds. The Bertz CT molecular complexity index is 679. The summed E-state index contributed by atoms with van der Waals surface area (Å²) in [7, 11) is 1.63. The zero-order valence-corrected chi connectivity index (χ0v) is 14.8. The lowest BCUT2D eigenvalue weighted by molar-refractivity contribution is -0.121. The summed E-state index contributed by atoms with van der Waals surface area (Å²) in [6, 6.07) is 17.3. The molecule has 0 radical (unpaired) electrons. The predicted octanol–water partition coefficient (Wildman–Crippen LogP) is 4.25. The van der Waals surface area contributed by atoms with Crippen LogP contribution in [0.3, 0.4) is 0 Å². The van der Waals surface area contributed by atoms with Crippen molar-refractivity contribution in [3.63, 3.8) is 0 Å². The van der Waals surface area contributed by atoms with Crippen molar-refractivity contribution in [2.24, 2.45) is 0 Å². The zero-order valence-electron chi connectivity index (χ0n) is 14.8. The maximum atomic E-state index is 13.1. The Hall–Kier alpha value is -2.33. The number of amides is 1. The molecule has 0 aliphatic carbocycles. The summed E-state index contributed by atoms with van der Waals surface area (Å²) in [5.41, 5.74) is 1.81. The highest BCUT2D eigenvalue weighted by Crippen LogP contribution is 2.26. The Balaban J connectivity index is 1.83. The summed E-state index contributed by atoms with van der Waals surface area (Å²) in [6.07, 6.45) is 4.79. The lowest BCUT2D eigenvalue weighted by atomic mass is 10.0. The quantitative estimate of drug-likeness (QED) is 0.886. The van der Waals surface area contributed by atoms with Crippen LogP contribution in [0.1, 0.15) is 37.3 Å². The van der Waals surface area contributed by atoms with E-state index in [1.807, 2.05) is 54.6 Å². The van der Waals surface area contributed by atoms with Crippen LogP contribution in [-0.4, -0.2) is 31.0 Å². The number of carbonyl (C=O) groups is 1. The van der Waals surface area contributed by atoms with Gasteiger partial charge in [0.2, 0.25) is 5.91 Å². The number of likely N-dealkylation sites (tertiary alicyclic amines) is 1. The summed E-state index contributed by atoms with van der Waals surface area (Å²) >= 11 is 0. The number of nitrogens with zero attached hydrogens (tertiary/aromatic N) is 1. The largest absolute Gasteiger partial charge is 0.497 e. The zero-order chi connectivity index (χ0) is 17.5. The van der Waals surface area contributed by atoms with E-state index in [4.69, 9.17) is 4.74 Å². The molecule has 0 spiro atoms. The summed E-state index contributed by atoms with van der Waals surface area (Å²) in [4.78, 5) is 15.4. The smallest absolute Gasteiger partial charge is 0.246 e. The van der Waals surface area contributed by atoms with Crippen LogP contribution < -0.4 is 10.1 Å². The molecule has 0 aromatic heterocycles. The molecule has 1 aliphatic rings. The van der Waals surface area contributed by atoms with Gasteiger partial charge in [0.25, 0.3) is 0 Å². The van der Waals surface area contributed by atoms with Gasteiger partial charge in [0.15, 0.2) is 0 Å². The molecular weight excluding hydrogens is 312 g/mol. The normalized spacial score (nSPS) is 16.7. The predicted molar refractivity (Wildman–Crippen MR) is 101 cm³/mol. The molecule has 2 aromatic carbocycles. The van der Waals surface area contributed by atoms with Gasteiger partial charge in [0.05, 0.1) is 7.11 Å². The Morgan fingerprint density at radius 1 is 1.00 bits per heavy atom. The molecule has 0 bridgehead atoms. The molecule has 1 heterocycles. The van der Waals surface area contributed by atoms with E-state index >= 15 is 0 Å². The maximum absolute atomic E-state index is 13.1. The second kappa shape index (κ2) is 8.67. The van der Waals surface area contributed by atoms with Crippen LogP contribution in [0.4, 0.5) is 5.69 Å². The van der Waals surface area contributed by atoms with E-state index in [-0.39, 0.29) is 11.9 Å². The number of anilines is 1. The molecule has 1 atom stereocenters. The first-order valence-corrected chi connectivity index (χ1v) is 9.02. The number of ether oxygens (including phenoxy) is 1. The second-order valence-corrected chi connectivity index (χ2v) is 6.48. The van der Waals surface area contributed by atoms with E-state index in [1.54, 1.807) is 7.11 Å². The second-order valence-electron chi connectivity index (χ2n) is 6.48. The molecule has 2 aromatic rings. The van der Waals surface area contributed by atoms with Gasteiger partial charge in [-0.3, -0.25) is 9.69 Å². The summed E-state index contributed by atoms with van der Waals surface area (Å²) in [5, 5.41) is 3.07. The molecule has 4 heteroatoms. The van der Waals surface area contributed by atoms with Gasteiger partial charge in [-0.1, -0.05) is 49.2 Å². The molecule has 0 unspecified atom stereocenters. The first-order chi connectivity index (χ1) is 12.3. The number of methoxy groups -OCH3 is 1. The number of rotatable bonds is 5. The molecule has 1 fully saturated rings. The fraction of sp³-hybridized carbons (Fsp3) is 0.381. The van der Waals surface area contributed by atoms with Crippen LogP contribution in [0.5, 0.6) is 5.75 Å². The summed E-state index contributed by atoms with van der Waals surface area (Å²) < 4.78 is 5.25. The van der Waals surface area contributed by atoms with Crippen molar-refractivity contribution in [3.8, 4) is 5.75 Å². The van der Waals surface area contributed by atoms with Crippen molar-refractivity contribution in [3.05, 3.63) is 60.2 Å². The van der Waals surface area contributed by atoms with Crippen molar-refractivity contribution in [1.82, 2.24) is 4.90 Å². The SMILES string of the molecule is COc1cccc(NC(=O)[C@H](c2ccccc2)N2CCCCCC2)c1. The molecule has 132 valence electrons. The monoisotopic (exact) mass is 338 g/mol. The number of hydrogen-bond acceptors (Lipinski definition) is 3. The average molecular weight is 338 g/mol. The minimum absolute atomic E-state index is 0.0151. The molecule has 1 aliphatic heterocycles. The molecule has 0 saturated carbocycles. The summed E-state index contributed by atoms with van der Waals surface area (Å²) in [6.45, 7) is 1.93. The van der Waals surface area contributed by atoms with Crippen LogP contribution in [0.25, 0.3) is 0 Å². The highest BCUT2D eigenvalue weighted by molar-refractivity contribution is 5.95. The van der Waals surface area contributed by atoms with Crippen molar-refractivity contribution >= 4 is 11.6 Å². The molecule has 25 heavy (non-hydrogen) atoms. The van der Waals surface area contributed by atoms with Crippen LogP contribution in [0.15, 0.2) is 54.6 Å². The van der Waals surface area contributed by atoms with E-state index < -0.39 is 0 Å². The highest BCUT2D eigenvalue weighted by Gasteiger charge is 2.28. The van der Waals surface area contributed by atoms with E-state index in [0.29, 0.717) is 0 Å². The van der Waals surface area contributed by atoms with Crippen molar-refractivity contribution in [2.75, 3.05) is 25.5 Å². The van der Waals surface area contributed by atoms with Gasteiger partial charge in [-0.05, 0) is 43.6 Å². The molecular formula is C21H26N2O2. The van der Waals surface area contributed by atoms with Gasteiger partial charge in [-0.15, -0.1) is 0 Å². The van der Waals surface area contributed by atoms with E-state index in [2.05, 4.69) is 10.2 Å². The van der Waals surface area contributed by atoms with Crippen LogP contribution in [-0.2, 0) is 4.79 Å². The number of carbonyl (C=O) groups excluding carboxylic acids is 1. The first kappa shape index (κ1) is 17.5. The van der Waals surface area contributed by atoms with Gasteiger partial charge in [0.1, 0.15) is 11.8 Å². The molecule has 1 saturated heterocycles. The molecule has 4 nitrogen and oxygen atoms in total. The Kier molecular flexibility index (Phi) is 6.07. The maximum Gasteiger partial charge on any atom is 0.246 e. The summed E-state index contributed by atoms with van der Waals surface area (Å²) in [5.74, 6) is 0.755. The van der Waals surface area contributed by atoms with Crippen LogP contribution in [0, 0.1) is 0 Å². The third kappa shape index (κ3) is 4.60. The third-order valence-electron chi connectivity index (χ3n) is 4.71. The minimum atomic E-state index is -0.259. The number of nitrogens with one attached hydrogen (secondary N) is 1. The lowest BCUT2D eigenvalue weighted by Crippen LogP contribution is -2.38. The fourth-order valence-corrected chi connectivity index (χ4v) is 3.43. The van der Waals surface area contributed by atoms with Crippen LogP contribution >= 0.6 is 0 Å². The Labute approximate surface area is 149 Å². The van der Waals surface area contributed by atoms with E-state index in [9.17, 15) is 4.79 Å². The standard InChI is InChI=1S/C21H26N2O2/c1-25-19-13-9-12-18(16-19)22-21(24)20(17-10-5-4-6-11-17)23-14-7-2-3-8-15-23/h4-6,9-13,16,20H,2-3,7-8,14-15H2,1H3,(H,22,24)/t20-/m0/s1. The van der Waals surface area contributed by atoms with Gasteiger partial charge < -0.3 is 10.1 Å². The van der Waals surface area contributed by atoms with Gasteiger partial charge >= 0.3 is 0 Å². The van der Waals surface area contributed by atoms with E-state index in [1.165, 1.54) is 12.8 Å². The van der Waals surface area contributed by atoms with Crippen LogP contribution in [0.2, 0.25) is 0 Å². The minimum Gasteiger partial charge on any atom is -0.497 e. The third-order valence-corrected chi connectivity index (χ3v) is 4.71. The van der Waals surface area contributed by atoms with Gasteiger partial charge in [-0.25, -0.2) is 0 Å². The lowest BCUT2D eigenvalue weighted by Gasteiger charge is -2.30. The first-order valence-electron chi connectivity index (χ1n) is 9.02. The van der Waals surface area contributed by atoms with E-state index in [0.717, 1.165) is 42.9 Å². The highest BCUT2D eigenvalue weighted by atomic mass is 16.5. The molecule has 1 N–H and O–H groups in total.